The SMILES string of the molecule is Cc1nn2c(=O)cc(CNC(=O)C(F)(F)F)[nH]c2c1-c1ccc(F)cc1. The minimum absolute atomic E-state index is 0.0726. The fraction of sp³-hybridized carbons (Fsp3) is 0.188. The van der Waals surface area contributed by atoms with Crippen molar-refractivity contribution in [2.24, 2.45) is 0 Å². The Labute approximate surface area is 143 Å². The summed E-state index contributed by atoms with van der Waals surface area (Å²) in [5.74, 6) is -2.55. The van der Waals surface area contributed by atoms with Crippen LogP contribution in [-0.2, 0) is 11.3 Å². The van der Waals surface area contributed by atoms with Gasteiger partial charge in [-0.2, -0.15) is 22.8 Å². The summed E-state index contributed by atoms with van der Waals surface area (Å²) in [6.07, 6.45) is -5.02. The molecule has 0 bridgehead atoms. The van der Waals surface area contributed by atoms with Crippen molar-refractivity contribution in [3.8, 4) is 11.1 Å². The highest BCUT2D eigenvalue weighted by Gasteiger charge is 2.38. The lowest BCUT2D eigenvalue weighted by molar-refractivity contribution is -0.173. The largest absolute Gasteiger partial charge is 0.471 e. The van der Waals surface area contributed by atoms with Crippen molar-refractivity contribution < 1.29 is 22.4 Å². The zero-order valence-electron chi connectivity index (χ0n) is 13.3. The fourth-order valence-electron chi connectivity index (χ4n) is 2.53. The van der Waals surface area contributed by atoms with Crippen molar-refractivity contribution >= 4 is 11.6 Å². The molecule has 6 nitrogen and oxygen atoms in total. The second kappa shape index (κ2) is 6.28. The van der Waals surface area contributed by atoms with E-state index in [-0.39, 0.29) is 11.3 Å². The normalized spacial score (nSPS) is 11.7. The van der Waals surface area contributed by atoms with E-state index in [1.54, 1.807) is 12.2 Å². The first-order valence-corrected chi connectivity index (χ1v) is 7.39. The van der Waals surface area contributed by atoms with Crippen molar-refractivity contribution in [2.45, 2.75) is 19.6 Å². The summed E-state index contributed by atoms with van der Waals surface area (Å²) in [4.78, 5) is 25.9. The number of nitrogens with one attached hydrogen (secondary N) is 2. The Morgan fingerprint density at radius 3 is 2.54 bits per heavy atom. The number of alkyl halides is 3. The summed E-state index contributed by atoms with van der Waals surface area (Å²) in [5, 5.41) is 5.79. The maximum Gasteiger partial charge on any atom is 0.471 e. The molecule has 0 saturated carbocycles. The first kappa shape index (κ1) is 17.6. The Hall–Kier alpha value is -3.17. The van der Waals surface area contributed by atoms with E-state index in [0.29, 0.717) is 16.8 Å². The van der Waals surface area contributed by atoms with Crippen molar-refractivity contribution in [2.75, 3.05) is 0 Å². The smallest absolute Gasteiger partial charge is 0.343 e. The molecule has 1 amide bonds. The monoisotopic (exact) mass is 368 g/mol. The van der Waals surface area contributed by atoms with Crippen LogP contribution in [0.2, 0.25) is 0 Å². The van der Waals surface area contributed by atoms with Crippen LogP contribution in [0.4, 0.5) is 17.6 Å². The van der Waals surface area contributed by atoms with Gasteiger partial charge in [-0.1, -0.05) is 12.1 Å². The quantitative estimate of drug-likeness (QED) is 0.697. The van der Waals surface area contributed by atoms with E-state index in [0.717, 1.165) is 10.6 Å². The number of benzene rings is 1. The van der Waals surface area contributed by atoms with Gasteiger partial charge >= 0.3 is 12.1 Å². The molecule has 0 fully saturated rings. The third-order valence-corrected chi connectivity index (χ3v) is 3.68. The molecule has 3 aromatic rings. The number of carbonyl (C=O) groups excluding carboxylic acids is 1. The number of halogens is 4. The molecule has 2 N–H and O–H groups in total. The number of aryl methyl sites for hydroxylation is 1. The van der Waals surface area contributed by atoms with Gasteiger partial charge in [0.15, 0.2) is 0 Å². The first-order valence-electron chi connectivity index (χ1n) is 7.39. The summed E-state index contributed by atoms with van der Waals surface area (Å²) in [7, 11) is 0. The third kappa shape index (κ3) is 3.30. The van der Waals surface area contributed by atoms with Crippen LogP contribution in [0.1, 0.15) is 11.4 Å². The predicted octanol–water partition coefficient (Wildman–Crippen LogP) is 2.32. The van der Waals surface area contributed by atoms with Gasteiger partial charge in [0.25, 0.3) is 5.56 Å². The number of aromatic nitrogens is 3. The lowest BCUT2D eigenvalue weighted by atomic mass is 10.1. The summed E-state index contributed by atoms with van der Waals surface area (Å²) >= 11 is 0. The van der Waals surface area contributed by atoms with Gasteiger partial charge in [0.1, 0.15) is 11.5 Å². The molecule has 0 aliphatic carbocycles. The molecule has 0 spiro atoms. The van der Waals surface area contributed by atoms with Gasteiger partial charge < -0.3 is 10.3 Å². The molecule has 10 heteroatoms. The van der Waals surface area contributed by atoms with Crippen LogP contribution < -0.4 is 10.9 Å². The predicted molar refractivity (Wildman–Crippen MR) is 83.8 cm³/mol. The van der Waals surface area contributed by atoms with Gasteiger partial charge in [-0.25, -0.2) is 4.39 Å². The number of amides is 1. The van der Waals surface area contributed by atoms with E-state index in [1.165, 1.54) is 24.3 Å². The van der Waals surface area contributed by atoms with Crippen LogP contribution in [0.5, 0.6) is 0 Å². The van der Waals surface area contributed by atoms with Crippen LogP contribution in [0, 0.1) is 12.7 Å². The highest BCUT2D eigenvalue weighted by atomic mass is 19.4. The molecule has 0 aliphatic rings. The minimum Gasteiger partial charge on any atom is -0.343 e. The van der Waals surface area contributed by atoms with Gasteiger partial charge in [0, 0.05) is 17.3 Å². The second-order valence-electron chi connectivity index (χ2n) is 5.54. The topological polar surface area (TPSA) is 79.3 Å². The van der Waals surface area contributed by atoms with Crippen LogP contribution in [0.15, 0.2) is 35.1 Å². The number of hydrogen-bond donors (Lipinski definition) is 2. The maximum absolute atomic E-state index is 13.1. The zero-order chi connectivity index (χ0) is 19.1. The molecule has 0 radical (unpaired) electrons. The average molecular weight is 368 g/mol. The van der Waals surface area contributed by atoms with E-state index in [2.05, 4.69) is 10.1 Å². The number of carbonyl (C=O) groups is 1. The average Bonchev–Trinajstić information content (AvgIpc) is 2.89. The molecule has 136 valence electrons. The highest BCUT2D eigenvalue weighted by molar-refractivity contribution is 5.82. The summed E-state index contributed by atoms with van der Waals surface area (Å²) in [5.41, 5.74) is 1.28. The van der Waals surface area contributed by atoms with Gasteiger partial charge in [-0.15, -0.1) is 0 Å². The van der Waals surface area contributed by atoms with E-state index >= 15 is 0 Å². The van der Waals surface area contributed by atoms with Crippen molar-refractivity contribution in [1.82, 2.24) is 19.9 Å². The molecule has 0 saturated heterocycles. The van der Waals surface area contributed by atoms with Gasteiger partial charge in [0.05, 0.1) is 12.2 Å². The Morgan fingerprint density at radius 2 is 1.92 bits per heavy atom. The van der Waals surface area contributed by atoms with Crippen molar-refractivity contribution in [3.63, 3.8) is 0 Å². The standard InChI is InChI=1S/C16H12F4N4O2/c1-8-13(9-2-4-10(17)5-3-9)14-22-11(6-12(25)24(14)23-8)7-21-15(26)16(18,19)20/h2-6,22H,7H2,1H3,(H,21,26). The maximum atomic E-state index is 13.1. The third-order valence-electron chi connectivity index (χ3n) is 3.68. The molecule has 0 atom stereocenters. The Kier molecular flexibility index (Phi) is 4.26. The van der Waals surface area contributed by atoms with Crippen LogP contribution in [0.25, 0.3) is 16.8 Å². The molecule has 2 aromatic heterocycles. The summed E-state index contributed by atoms with van der Waals surface area (Å²) < 4.78 is 51.0. The second-order valence-corrected chi connectivity index (χ2v) is 5.54. The number of H-pyrrole nitrogens is 1. The summed E-state index contributed by atoms with van der Waals surface area (Å²) in [6, 6.07) is 6.52. The number of aromatic amines is 1. The van der Waals surface area contributed by atoms with E-state index in [4.69, 9.17) is 0 Å². The van der Waals surface area contributed by atoms with Crippen LogP contribution in [0.3, 0.4) is 0 Å². The molecule has 1 aromatic carbocycles. The number of nitrogens with zero attached hydrogens (tertiary/aromatic N) is 2. The Bertz CT molecular complexity index is 1040. The molecular weight excluding hydrogens is 356 g/mol. The lowest BCUT2D eigenvalue weighted by Gasteiger charge is -2.08. The Morgan fingerprint density at radius 1 is 1.27 bits per heavy atom. The first-order chi connectivity index (χ1) is 12.2. The fourth-order valence-corrected chi connectivity index (χ4v) is 2.53. The van der Waals surface area contributed by atoms with Crippen molar-refractivity contribution in [1.29, 1.82) is 0 Å². The lowest BCUT2D eigenvalue weighted by Crippen LogP contribution is -2.36. The molecular formula is C16H12F4N4O2. The van der Waals surface area contributed by atoms with E-state index < -0.39 is 30.0 Å². The van der Waals surface area contributed by atoms with Crippen molar-refractivity contribution in [3.05, 3.63) is 57.9 Å². The van der Waals surface area contributed by atoms with E-state index in [9.17, 15) is 27.2 Å². The molecule has 0 unspecified atom stereocenters. The number of rotatable bonds is 3. The molecule has 3 rings (SSSR count). The minimum atomic E-state index is -5.02. The molecule has 26 heavy (non-hydrogen) atoms. The Balaban J connectivity index is 2.04. The van der Waals surface area contributed by atoms with Crippen LogP contribution in [-0.4, -0.2) is 26.7 Å². The van der Waals surface area contributed by atoms with Gasteiger partial charge in [-0.3, -0.25) is 9.59 Å². The number of fused-ring (bicyclic) bond motifs is 1. The van der Waals surface area contributed by atoms with Gasteiger partial charge in [-0.05, 0) is 24.6 Å². The van der Waals surface area contributed by atoms with Gasteiger partial charge in [0.2, 0.25) is 0 Å². The highest BCUT2D eigenvalue weighted by Crippen LogP contribution is 2.26. The van der Waals surface area contributed by atoms with E-state index in [1.807, 2.05) is 0 Å². The number of hydrogen-bond acceptors (Lipinski definition) is 3. The van der Waals surface area contributed by atoms with Crippen LogP contribution >= 0.6 is 0 Å². The molecule has 0 aliphatic heterocycles. The summed E-state index contributed by atoms with van der Waals surface area (Å²) in [6.45, 7) is 1.13. The molecule has 2 heterocycles. The zero-order valence-corrected chi connectivity index (χ0v) is 13.3.